The highest BCUT2D eigenvalue weighted by molar-refractivity contribution is 6.03. The summed E-state index contributed by atoms with van der Waals surface area (Å²) in [5.41, 5.74) is 1.99. The van der Waals surface area contributed by atoms with E-state index in [0.717, 1.165) is 0 Å². The molecule has 0 aliphatic rings. The zero-order valence-corrected chi connectivity index (χ0v) is 14.1. The molecular weight excluding hydrogens is 336 g/mol. The zero-order chi connectivity index (χ0) is 18.7. The molecule has 0 saturated heterocycles. The van der Waals surface area contributed by atoms with Crippen molar-refractivity contribution in [3.05, 3.63) is 65.5 Å². The fourth-order valence-electron chi connectivity index (χ4n) is 2.46. The summed E-state index contributed by atoms with van der Waals surface area (Å²) in [5.74, 6) is -0.859. The van der Waals surface area contributed by atoms with Crippen LogP contribution in [0.15, 0.2) is 48.5 Å². The maximum atomic E-state index is 12.5. The summed E-state index contributed by atoms with van der Waals surface area (Å²) < 4.78 is 6.84. The summed E-state index contributed by atoms with van der Waals surface area (Å²) in [6.07, 6.45) is 0. The Morgan fingerprint density at radius 2 is 1.81 bits per heavy atom. The highest BCUT2D eigenvalue weighted by Crippen LogP contribution is 2.23. The summed E-state index contributed by atoms with van der Waals surface area (Å²) in [6, 6.07) is 13.1. The van der Waals surface area contributed by atoms with Crippen LogP contribution < -0.4 is 10.1 Å². The van der Waals surface area contributed by atoms with Gasteiger partial charge in [-0.3, -0.25) is 4.79 Å². The molecule has 0 fully saturated rings. The van der Waals surface area contributed by atoms with E-state index in [2.05, 4.69) is 15.6 Å². The number of methoxy groups -OCH3 is 1. The lowest BCUT2D eigenvalue weighted by atomic mass is 10.2. The molecule has 3 aromatic rings. The quantitative estimate of drug-likeness (QED) is 0.731. The third-order valence-electron chi connectivity index (χ3n) is 3.81. The minimum atomic E-state index is -1.03. The second-order valence-electron chi connectivity index (χ2n) is 5.44. The lowest BCUT2D eigenvalue weighted by molar-refractivity contribution is 0.0696. The van der Waals surface area contributed by atoms with E-state index in [1.165, 1.54) is 28.9 Å². The third kappa shape index (κ3) is 3.25. The van der Waals surface area contributed by atoms with Gasteiger partial charge in [0.2, 0.25) is 0 Å². The summed E-state index contributed by atoms with van der Waals surface area (Å²) in [7, 11) is 1.56. The van der Waals surface area contributed by atoms with Crippen molar-refractivity contribution >= 4 is 17.6 Å². The highest BCUT2D eigenvalue weighted by atomic mass is 16.5. The monoisotopic (exact) mass is 352 g/mol. The Morgan fingerprint density at radius 1 is 1.12 bits per heavy atom. The van der Waals surface area contributed by atoms with Crippen LogP contribution in [0.4, 0.5) is 5.69 Å². The van der Waals surface area contributed by atoms with Gasteiger partial charge in [0.15, 0.2) is 5.69 Å². The van der Waals surface area contributed by atoms with Crippen molar-refractivity contribution in [1.82, 2.24) is 15.0 Å². The fraction of sp³-hybridized carbons (Fsp3) is 0.111. The largest absolute Gasteiger partial charge is 0.494 e. The van der Waals surface area contributed by atoms with E-state index in [0.29, 0.717) is 22.8 Å². The number of aromatic carboxylic acids is 1. The maximum Gasteiger partial charge on any atom is 0.335 e. The van der Waals surface area contributed by atoms with E-state index in [1.54, 1.807) is 20.1 Å². The highest BCUT2D eigenvalue weighted by Gasteiger charge is 2.19. The fourth-order valence-corrected chi connectivity index (χ4v) is 2.46. The number of nitrogens with one attached hydrogen (secondary N) is 1. The van der Waals surface area contributed by atoms with Crippen LogP contribution in [0.5, 0.6) is 5.75 Å². The van der Waals surface area contributed by atoms with Crippen LogP contribution in [-0.2, 0) is 0 Å². The van der Waals surface area contributed by atoms with E-state index in [9.17, 15) is 9.59 Å². The summed E-state index contributed by atoms with van der Waals surface area (Å²) in [6.45, 7) is 1.73. The van der Waals surface area contributed by atoms with Crippen LogP contribution in [0.2, 0.25) is 0 Å². The molecular formula is C18H16N4O4. The molecule has 26 heavy (non-hydrogen) atoms. The number of anilines is 1. The van der Waals surface area contributed by atoms with Gasteiger partial charge >= 0.3 is 5.97 Å². The molecule has 0 spiro atoms. The lowest BCUT2D eigenvalue weighted by Gasteiger charge is -2.09. The number of para-hydroxylation sites is 2. The molecule has 0 bridgehead atoms. The van der Waals surface area contributed by atoms with Gasteiger partial charge in [-0.25, -0.2) is 9.48 Å². The first-order valence-electron chi connectivity index (χ1n) is 7.71. The maximum absolute atomic E-state index is 12.5. The number of carboxylic acids is 1. The lowest BCUT2D eigenvalue weighted by Crippen LogP contribution is -2.14. The van der Waals surface area contributed by atoms with Crippen molar-refractivity contribution < 1.29 is 19.4 Å². The van der Waals surface area contributed by atoms with Gasteiger partial charge in [-0.2, -0.15) is 0 Å². The molecule has 8 heteroatoms. The topological polar surface area (TPSA) is 106 Å². The summed E-state index contributed by atoms with van der Waals surface area (Å²) >= 11 is 0. The molecule has 3 rings (SSSR count). The van der Waals surface area contributed by atoms with Gasteiger partial charge in [0, 0.05) is 5.69 Å². The normalized spacial score (nSPS) is 10.4. The molecule has 1 amide bonds. The number of aromatic nitrogens is 3. The average Bonchev–Trinajstić information content (AvgIpc) is 3.03. The SMILES string of the molecule is COc1ccccc1-n1nnc(C(=O)Nc2ccc(C(=O)O)cc2)c1C. The summed E-state index contributed by atoms with van der Waals surface area (Å²) in [5, 5.41) is 19.6. The molecule has 0 atom stereocenters. The molecule has 0 aliphatic heterocycles. The van der Waals surface area contributed by atoms with E-state index in [4.69, 9.17) is 9.84 Å². The van der Waals surface area contributed by atoms with Crippen molar-refractivity contribution in [2.24, 2.45) is 0 Å². The van der Waals surface area contributed by atoms with E-state index < -0.39 is 11.9 Å². The zero-order valence-electron chi connectivity index (χ0n) is 14.1. The minimum Gasteiger partial charge on any atom is -0.494 e. The molecule has 0 saturated carbocycles. The van der Waals surface area contributed by atoms with Gasteiger partial charge in [-0.05, 0) is 43.3 Å². The average molecular weight is 352 g/mol. The number of rotatable bonds is 5. The first-order chi connectivity index (χ1) is 12.5. The number of benzene rings is 2. The molecule has 0 unspecified atom stereocenters. The smallest absolute Gasteiger partial charge is 0.335 e. The molecule has 0 aliphatic carbocycles. The van der Waals surface area contributed by atoms with Crippen LogP contribution in [0, 0.1) is 6.92 Å². The number of carbonyl (C=O) groups is 2. The van der Waals surface area contributed by atoms with Gasteiger partial charge in [0.1, 0.15) is 11.4 Å². The molecule has 1 heterocycles. The molecule has 2 N–H and O–H groups in total. The molecule has 1 aromatic heterocycles. The number of carbonyl (C=O) groups excluding carboxylic acids is 1. The predicted octanol–water partition coefficient (Wildman–Crippen LogP) is 2.53. The Balaban J connectivity index is 1.85. The standard InChI is InChI=1S/C18H16N4O4/c1-11-16(17(23)19-13-9-7-12(8-10-13)18(24)25)20-21-22(11)14-5-3-4-6-15(14)26-2/h3-10H,1-2H3,(H,19,23)(H,24,25). The van der Waals surface area contributed by atoms with Gasteiger partial charge in [-0.15, -0.1) is 5.10 Å². The Hall–Kier alpha value is -3.68. The van der Waals surface area contributed by atoms with Gasteiger partial charge in [-0.1, -0.05) is 17.3 Å². The number of hydrogen-bond acceptors (Lipinski definition) is 5. The van der Waals surface area contributed by atoms with Gasteiger partial charge in [0.05, 0.1) is 18.4 Å². The molecule has 2 aromatic carbocycles. The Bertz CT molecular complexity index is 964. The van der Waals surface area contributed by atoms with Crippen molar-refractivity contribution in [3.8, 4) is 11.4 Å². The molecule has 8 nitrogen and oxygen atoms in total. The van der Waals surface area contributed by atoms with Crippen LogP contribution in [0.3, 0.4) is 0 Å². The van der Waals surface area contributed by atoms with Crippen LogP contribution in [-0.4, -0.2) is 39.1 Å². The number of nitrogens with zero attached hydrogens (tertiary/aromatic N) is 3. The third-order valence-corrected chi connectivity index (χ3v) is 3.81. The number of hydrogen-bond donors (Lipinski definition) is 2. The Kier molecular flexibility index (Phi) is 4.66. The van der Waals surface area contributed by atoms with Gasteiger partial charge in [0.25, 0.3) is 5.91 Å². The van der Waals surface area contributed by atoms with Crippen molar-refractivity contribution in [3.63, 3.8) is 0 Å². The first kappa shape index (κ1) is 17.2. The molecule has 0 radical (unpaired) electrons. The molecule has 132 valence electrons. The second-order valence-corrected chi connectivity index (χ2v) is 5.44. The minimum absolute atomic E-state index is 0.140. The first-order valence-corrected chi connectivity index (χ1v) is 7.71. The number of ether oxygens (including phenoxy) is 1. The second kappa shape index (κ2) is 7.06. The van der Waals surface area contributed by atoms with Crippen LogP contribution >= 0.6 is 0 Å². The predicted molar refractivity (Wildman–Crippen MR) is 94.0 cm³/mol. The van der Waals surface area contributed by atoms with Crippen LogP contribution in [0.1, 0.15) is 26.5 Å². The van der Waals surface area contributed by atoms with Crippen molar-refractivity contribution in [2.75, 3.05) is 12.4 Å². The van der Waals surface area contributed by atoms with E-state index in [1.807, 2.05) is 18.2 Å². The van der Waals surface area contributed by atoms with Crippen LogP contribution in [0.25, 0.3) is 5.69 Å². The number of carboxylic acid groups (broad SMARTS) is 1. The van der Waals surface area contributed by atoms with E-state index >= 15 is 0 Å². The van der Waals surface area contributed by atoms with Crippen molar-refractivity contribution in [2.45, 2.75) is 6.92 Å². The van der Waals surface area contributed by atoms with E-state index in [-0.39, 0.29) is 11.3 Å². The Morgan fingerprint density at radius 3 is 2.46 bits per heavy atom. The van der Waals surface area contributed by atoms with Gasteiger partial charge < -0.3 is 15.2 Å². The Labute approximate surface area is 149 Å². The number of amides is 1. The summed E-state index contributed by atoms with van der Waals surface area (Å²) in [4.78, 5) is 23.4. The van der Waals surface area contributed by atoms with Crippen molar-refractivity contribution in [1.29, 1.82) is 0 Å².